The van der Waals surface area contributed by atoms with Crippen molar-refractivity contribution in [1.82, 2.24) is 20.2 Å². The first-order valence-electron chi connectivity index (χ1n) is 5.13. The monoisotopic (exact) mass is 243 g/mol. The van der Waals surface area contributed by atoms with Crippen LogP contribution in [0.25, 0.3) is 0 Å². The van der Waals surface area contributed by atoms with Gasteiger partial charge in [0.05, 0.1) is 0 Å². The highest BCUT2D eigenvalue weighted by Gasteiger charge is 2.05. The van der Waals surface area contributed by atoms with Crippen LogP contribution >= 0.6 is 11.8 Å². The van der Waals surface area contributed by atoms with Crippen LogP contribution < -0.4 is 11.3 Å². The van der Waals surface area contributed by atoms with E-state index in [2.05, 4.69) is 15.6 Å². The number of nitrogens with two attached hydrogens (primary N) is 1. The molecule has 0 bridgehead atoms. The third-order valence-electron chi connectivity index (χ3n) is 2.24. The molecule has 6 nitrogen and oxygen atoms in total. The number of carbonyl (C=O) groups is 1. The Morgan fingerprint density at radius 2 is 2.25 bits per heavy atom. The number of aryl methyl sites for hydroxylation is 1. The van der Waals surface area contributed by atoms with Crippen LogP contribution in [0.5, 0.6) is 0 Å². The Balaban J connectivity index is 2.16. The normalized spacial score (nSPS) is 10.4. The highest BCUT2D eigenvalue weighted by Crippen LogP contribution is 2.17. The molecule has 1 aromatic heterocycles. The largest absolute Gasteiger partial charge is 0.309 e. The average Bonchev–Trinajstić information content (AvgIpc) is 2.60. The van der Waals surface area contributed by atoms with E-state index in [4.69, 9.17) is 5.84 Å². The van der Waals surface area contributed by atoms with Crippen molar-refractivity contribution in [3.05, 3.63) is 5.82 Å². The molecule has 0 aliphatic rings. The SMILES string of the molecule is Cc1nnc(SCCCCC(=O)NN)n1C. The molecular formula is C9H17N5OS. The minimum Gasteiger partial charge on any atom is -0.309 e. The summed E-state index contributed by atoms with van der Waals surface area (Å²) >= 11 is 1.65. The molecule has 1 amide bonds. The van der Waals surface area contributed by atoms with Crippen LogP contribution in [-0.2, 0) is 11.8 Å². The second-order valence-electron chi connectivity index (χ2n) is 3.46. The first-order chi connectivity index (χ1) is 7.65. The zero-order valence-electron chi connectivity index (χ0n) is 9.56. The highest BCUT2D eigenvalue weighted by molar-refractivity contribution is 7.99. The molecule has 1 rings (SSSR count). The lowest BCUT2D eigenvalue weighted by Gasteiger charge is -2.01. The number of aromatic nitrogens is 3. The minimum absolute atomic E-state index is 0.112. The van der Waals surface area contributed by atoms with E-state index in [0.717, 1.165) is 29.6 Å². The van der Waals surface area contributed by atoms with E-state index in [1.165, 1.54) is 0 Å². The molecule has 0 fully saturated rings. The Labute approximate surface area is 99.0 Å². The number of nitrogens with one attached hydrogen (secondary N) is 1. The third kappa shape index (κ3) is 3.82. The Kier molecular flexibility index (Phi) is 5.27. The van der Waals surface area contributed by atoms with Crippen molar-refractivity contribution < 1.29 is 4.79 Å². The number of carbonyl (C=O) groups excluding carboxylic acids is 1. The molecule has 0 saturated carbocycles. The topological polar surface area (TPSA) is 85.8 Å². The zero-order chi connectivity index (χ0) is 12.0. The van der Waals surface area contributed by atoms with Gasteiger partial charge in [-0.25, -0.2) is 5.84 Å². The summed E-state index contributed by atoms with van der Waals surface area (Å²) < 4.78 is 1.96. The summed E-state index contributed by atoms with van der Waals surface area (Å²) in [4.78, 5) is 10.8. The van der Waals surface area contributed by atoms with E-state index >= 15 is 0 Å². The molecule has 0 aromatic carbocycles. The molecule has 0 unspecified atom stereocenters. The smallest absolute Gasteiger partial charge is 0.233 e. The van der Waals surface area contributed by atoms with Gasteiger partial charge in [0.1, 0.15) is 5.82 Å². The van der Waals surface area contributed by atoms with Gasteiger partial charge in [0.15, 0.2) is 5.16 Å². The predicted molar refractivity (Wildman–Crippen MR) is 62.6 cm³/mol. The van der Waals surface area contributed by atoms with Gasteiger partial charge in [-0.05, 0) is 19.8 Å². The Bertz CT molecular complexity index is 352. The molecule has 1 heterocycles. The van der Waals surface area contributed by atoms with E-state index in [1.807, 2.05) is 18.5 Å². The van der Waals surface area contributed by atoms with Gasteiger partial charge in [0, 0.05) is 19.2 Å². The van der Waals surface area contributed by atoms with Crippen molar-refractivity contribution in [2.45, 2.75) is 31.3 Å². The summed E-state index contributed by atoms with van der Waals surface area (Å²) in [5.74, 6) is 6.70. The van der Waals surface area contributed by atoms with Crippen LogP contribution in [0.15, 0.2) is 5.16 Å². The van der Waals surface area contributed by atoms with E-state index in [9.17, 15) is 4.79 Å². The van der Waals surface area contributed by atoms with E-state index in [-0.39, 0.29) is 5.91 Å². The predicted octanol–water partition coefficient (Wildman–Crippen LogP) is 0.376. The molecule has 7 heteroatoms. The van der Waals surface area contributed by atoms with Gasteiger partial charge < -0.3 is 4.57 Å². The molecule has 0 atom stereocenters. The lowest BCUT2D eigenvalue weighted by molar-refractivity contribution is -0.121. The number of hydrogen-bond acceptors (Lipinski definition) is 5. The van der Waals surface area contributed by atoms with Gasteiger partial charge in [-0.3, -0.25) is 10.2 Å². The van der Waals surface area contributed by atoms with E-state index < -0.39 is 0 Å². The molecule has 0 radical (unpaired) electrons. The van der Waals surface area contributed by atoms with Crippen LogP contribution in [0.4, 0.5) is 0 Å². The molecule has 90 valence electrons. The Hall–Kier alpha value is -1.08. The first-order valence-corrected chi connectivity index (χ1v) is 6.12. The maximum atomic E-state index is 10.8. The average molecular weight is 243 g/mol. The molecule has 0 aliphatic carbocycles. The molecule has 0 spiro atoms. The number of hydrogen-bond donors (Lipinski definition) is 2. The summed E-state index contributed by atoms with van der Waals surface area (Å²) in [5.41, 5.74) is 2.11. The number of rotatable bonds is 6. The fourth-order valence-electron chi connectivity index (χ4n) is 1.14. The summed E-state index contributed by atoms with van der Waals surface area (Å²) in [6.45, 7) is 1.92. The maximum absolute atomic E-state index is 10.8. The number of hydrazine groups is 1. The fourth-order valence-corrected chi connectivity index (χ4v) is 2.09. The van der Waals surface area contributed by atoms with Crippen LogP contribution in [0, 0.1) is 6.92 Å². The fraction of sp³-hybridized carbons (Fsp3) is 0.667. The summed E-state index contributed by atoms with van der Waals surface area (Å²) in [6, 6.07) is 0. The molecule has 3 N–H and O–H groups in total. The van der Waals surface area contributed by atoms with Gasteiger partial charge in [-0.15, -0.1) is 10.2 Å². The summed E-state index contributed by atoms with van der Waals surface area (Å²) in [6.07, 6.45) is 2.28. The molecule has 0 saturated heterocycles. The van der Waals surface area contributed by atoms with Crippen molar-refractivity contribution in [3.8, 4) is 0 Å². The van der Waals surface area contributed by atoms with E-state index in [1.54, 1.807) is 11.8 Å². The number of unbranched alkanes of at least 4 members (excludes halogenated alkanes) is 1. The molecular weight excluding hydrogens is 226 g/mol. The quantitative estimate of drug-likeness (QED) is 0.248. The Morgan fingerprint density at radius 3 is 2.81 bits per heavy atom. The zero-order valence-corrected chi connectivity index (χ0v) is 10.4. The molecule has 16 heavy (non-hydrogen) atoms. The highest BCUT2D eigenvalue weighted by atomic mass is 32.2. The standard InChI is InChI=1S/C9H17N5OS/c1-7-12-13-9(14(7)2)16-6-4-3-5-8(15)11-10/h3-6,10H2,1-2H3,(H,11,15). The van der Waals surface area contributed by atoms with Crippen LogP contribution in [0.3, 0.4) is 0 Å². The number of nitrogens with zero attached hydrogens (tertiary/aromatic N) is 3. The van der Waals surface area contributed by atoms with Gasteiger partial charge >= 0.3 is 0 Å². The van der Waals surface area contributed by atoms with Crippen molar-refractivity contribution in [1.29, 1.82) is 0 Å². The van der Waals surface area contributed by atoms with Crippen LogP contribution in [-0.4, -0.2) is 26.4 Å². The summed E-state index contributed by atoms with van der Waals surface area (Å²) in [7, 11) is 1.94. The number of amides is 1. The van der Waals surface area contributed by atoms with Crippen molar-refractivity contribution in [2.75, 3.05) is 5.75 Å². The first kappa shape index (κ1) is 13.0. The number of thioether (sulfide) groups is 1. The molecule has 1 aromatic rings. The van der Waals surface area contributed by atoms with Gasteiger partial charge in [0.2, 0.25) is 5.91 Å². The van der Waals surface area contributed by atoms with Crippen molar-refractivity contribution in [3.63, 3.8) is 0 Å². The summed E-state index contributed by atoms with van der Waals surface area (Å²) in [5, 5.41) is 8.93. The van der Waals surface area contributed by atoms with Crippen molar-refractivity contribution >= 4 is 17.7 Å². The van der Waals surface area contributed by atoms with Crippen LogP contribution in [0.1, 0.15) is 25.1 Å². The van der Waals surface area contributed by atoms with Crippen molar-refractivity contribution in [2.24, 2.45) is 12.9 Å². The third-order valence-corrected chi connectivity index (χ3v) is 3.35. The van der Waals surface area contributed by atoms with Gasteiger partial charge in [-0.1, -0.05) is 11.8 Å². The maximum Gasteiger partial charge on any atom is 0.233 e. The molecule has 0 aliphatic heterocycles. The lowest BCUT2D eigenvalue weighted by Crippen LogP contribution is -2.29. The second-order valence-corrected chi connectivity index (χ2v) is 4.52. The van der Waals surface area contributed by atoms with E-state index in [0.29, 0.717) is 6.42 Å². The van der Waals surface area contributed by atoms with Crippen LogP contribution in [0.2, 0.25) is 0 Å². The second kappa shape index (κ2) is 6.49. The Morgan fingerprint density at radius 1 is 1.50 bits per heavy atom. The van der Waals surface area contributed by atoms with Gasteiger partial charge in [0.25, 0.3) is 0 Å². The minimum atomic E-state index is -0.112. The lowest BCUT2D eigenvalue weighted by atomic mass is 10.2. The van der Waals surface area contributed by atoms with Gasteiger partial charge in [-0.2, -0.15) is 0 Å².